The lowest BCUT2D eigenvalue weighted by Crippen LogP contribution is -2.54. The highest BCUT2D eigenvalue weighted by atomic mass is 28.3. The number of carbonyl (C=O) groups excluding carboxylic acids is 3. The molecule has 0 spiro atoms. The van der Waals surface area contributed by atoms with Crippen LogP contribution in [0.5, 0.6) is 0 Å². The topological polar surface area (TPSA) is 93.7 Å². The molecule has 1 unspecified atom stereocenters. The molecule has 104 valence electrons. The molecule has 0 radical (unpaired) electrons. The van der Waals surface area contributed by atoms with Gasteiger partial charge in [0.05, 0.1) is 20.6 Å². The molecule has 0 aliphatic rings. The summed E-state index contributed by atoms with van der Waals surface area (Å²) in [5.74, 6) is -1.29. The number of hydrogen-bond donors (Lipinski definition) is 2. The third-order valence-electron chi connectivity index (χ3n) is 1.88. The number of methoxy groups -OCH3 is 2. The zero-order valence-electron chi connectivity index (χ0n) is 11.3. The number of hydrogen-bond acceptors (Lipinski definition) is 5. The van der Waals surface area contributed by atoms with Gasteiger partial charge in [0, 0.05) is 0 Å². The van der Waals surface area contributed by atoms with Gasteiger partial charge in [0.25, 0.3) is 0 Å². The predicted molar refractivity (Wildman–Crippen MR) is 67.5 cm³/mol. The van der Waals surface area contributed by atoms with Crippen molar-refractivity contribution in [1.29, 1.82) is 0 Å². The van der Waals surface area contributed by atoms with E-state index in [0.29, 0.717) is 0 Å². The molecule has 0 aromatic carbocycles. The third kappa shape index (κ3) is 6.89. The molecular formula is C10H20N2O5Si. The van der Waals surface area contributed by atoms with Crippen molar-refractivity contribution in [3.8, 4) is 0 Å². The molecule has 2 amide bonds. The van der Waals surface area contributed by atoms with E-state index in [2.05, 4.69) is 19.8 Å². The molecule has 0 aromatic rings. The van der Waals surface area contributed by atoms with Crippen molar-refractivity contribution in [2.75, 3.05) is 14.2 Å². The number of amides is 2. The molecule has 0 aromatic heterocycles. The lowest BCUT2D eigenvalue weighted by molar-refractivity contribution is -0.149. The maximum atomic E-state index is 11.6. The SMILES string of the molecule is COC(=O)CC(NC(=O)N[Si](C)(C)C)C(=O)OC. The summed E-state index contributed by atoms with van der Waals surface area (Å²) in [6.45, 7) is 5.79. The Balaban J connectivity index is 4.55. The molecule has 0 aliphatic carbocycles. The van der Waals surface area contributed by atoms with Crippen LogP contribution >= 0.6 is 0 Å². The first-order valence-corrected chi connectivity index (χ1v) is 8.93. The van der Waals surface area contributed by atoms with Crippen LogP contribution in [0.4, 0.5) is 4.79 Å². The Kier molecular flexibility index (Phi) is 6.38. The Labute approximate surface area is 107 Å². The summed E-state index contributed by atoms with van der Waals surface area (Å²) in [6.07, 6.45) is -0.262. The van der Waals surface area contributed by atoms with Gasteiger partial charge in [0.15, 0.2) is 0 Å². The molecule has 0 saturated carbocycles. The second-order valence-electron chi connectivity index (χ2n) is 4.70. The zero-order valence-corrected chi connectivity index (χ0v) is 12.3. The van der Waals surface area contributed by atoms with Gasteiger partial charge in [-0.3, -0.25) is 4.79 Å². The Morgan fingerprint density at radius 2 is 1.67 bits per heavy atom. The van der Waals surface area contributed by atoms with Crippen LogP contribution in [-0.4, -0.2) is 46.5 Å². The highest BCUT2D eigenvalue weighted by molar-refractivity contribution is 6.75. The van der Waals surface area contributed by atoms with Crippen LogP contribution in [0, 0.1) is 0 Å². The highest BCUT2D eigenvalue weighted by Crippen LogP contribution is 1.99. The quantitative estimate of drug-likeness (QED) is 0.553. The molecule has 0 fully saturated rings. The van der Waals surface area contributed by atoms with E-state index in [1.807, 2.05) is 19.6 Å². The Morgan fingerprint density at radius 1 is 1.11 bits per heavy atom. The van der Waals surface area contributed by atoms with Crippen LogP contribution < -0.4 is 10.3 Å². The minimum Gasteiger partial charge on any atom is -0.469 e. The molecule has 2 N–H and O–H groups in total. The van der Waals surface area contributed by atoms with Gasteiger partial charge in [-0.15, -0.1) is 0 Å². The largest absolute Gasteiger partial charge is 0.469 e. The van der Waals surface area contributed by atoms with Crippen molar-refractivity contribution in [2.24, 2.45) is 0 Å². The number of carbonyl (C=O) groups is 3. The van der Waals surface area contributed by atoms with Crippen molar-refractivity contribution in [1.82, 2.24) is 10.3 Å². The first-order chi connectivity index (χ1) is 8.19. The smallest absolute Gasteiger partial charge is 0.329 e. The third-order valence-corrected chi connectivity index (χ3v) is 2.86. The number of rotatable bonds is 5. The van der Waals surface area contributed by atoms with Crippen LogP contribution in [0.15, 0.2) is 0 Å². The summed E-state index contributed by atoms with van der Waals surface area (Å²) in [5.41, 5.74) is 0. The van der Waals surface area contributed by atoms with Crippen LogP contribution in [0.1, 0.15) is 6.42 Å². The number of nitrogens with one attached hydrogen (secondary N) is 2. The maximum Gasteiger partial charge on any atom is 0.329 e. The van der Waals surface area contributed by atoms with Crippen molar-refractivity contribution in [3.63, 3.8) is 0 Å². The molecule has 18 heavy (non-hydrogen) atoms. The van der Waals surface area contributed by atoms with Gasteiger partial charge in [-0.05, 0) is 0 Å². The van der Waals surface area contributed by atoms with Gasteiger partial charge in [-0.1, -0.05) is 19.6 Å². The minimum atomic E-state index is -1.81. The van der Waals surface area contributed by atoms with E-state index in [4.69, 9.17) is 0 Å². The molecule has 0 saturated heterocycles. The molecule has 8 heteroatoms. The molecule has 0 bridgehead atoms. The van der Waals surface area contributed by atoms with Gasteiger partial charge in [-0.25, -0.2) is 9.59 Å². The zero-order chi connectivity index (χ0) is 14.3. The van der Waals surface area contributed by atoms with E-state index in [1.165, 1.54) is 14.2 Å². The molecule has 0 heterocycles. The maximum absolute atomic E-state index is 11.6. The normalized spacial score (nSPS) is 12.3. The lowest BCUT2D eigenvalue weighted by Gasteiger charge is -2.21. The van der Waals surface area contributed by atoms with E-state index < -0.39 is 32.2 Å². The first kappa shape index (κ1) is 16.4. The Morgan fingerprint density at radius 3 is 2.06 bits per heavy atom. The van der Waals surface area contributed by atoms with Gasteiger partial charge >= 0.3 is 18.0 Å². The number of esters is 2. The van der Waals surface area contributed by atoms with E-state index in [9.17, 15) is 14.4 Å². The van der Waals surface area contributed by atoms with Crippen molar-refractivity contribution in [3.05, 3.63) is 0 Å². The number of ether oxygens (including phenoxy) is 2. The summed E-state index contributed by atoms with van der Waals surface area (Å²) in [5, 5.41) is 2.40. The van der Waals surface area contributed by atoms with Gasteiger partial charge < -0.3 is 19.8 Å². The highest BCUT2D eigenvalue weighted by Gasteiger charge is 2.26. The van der Waals surface area contributed by atoms with Crippen molar-refractivity contribution >= 4 is 26.2 Å². The van der Waals surface area contributed by atoms with Crippen molar-refractivity contribution < 1.29 is 23.9 Å². The standard InChI is InChI=1S/C10H20N2O5Si/c1-16-8(13)6-7(9(14)17-2)11-10(15)12-18(3,4)5/h7H,6H2,1-5H3,(H2,11,12,15). The first-order valence-electron chi connectivity index (χ1n) is 5.43. The second-order valence-corrected chi connectivity index (χ2v) is 9.45. The molecular weight excluding hydrogens is 256 g/mol. The van der Waals surface area contributed by atoms with Crippen molar-refractivity contribution in [2.45, 2.75) is 32.1 Å². The van der Waals surface area contributed by atoms with E-state index in [1.54, 1.807) is 0 Å². The summed E-state index contributed by atoms with van der Waals surface area (Å²) in [6, 6.07) is -1.53. The van der Waals surface area contributed by atoms with E-state index in [-0.39, 0.29) is 6.42 Å². The second kappa shape index (κ2) is 6.99. The van der Waals surface area contributed by atoms with Gasteiger partial charge in [0.1, 0.15) is 14.3 Å². The fourth-order valence-electron chi connectivity index (χ4n) is 1.12. The molecule has 0 aliphatic heterocycles. The van der Waals surface area contributed by atoms with Crippen LogP contribution in [0.25, 0.3) is 0 Å². The monoisotopic (exact) mass is 276 g/mol. The van der Waals surface area contributed by atoms with Gasteiger partial charge in [-0.2, -0.15) is 0 Å². The fraction of sp³-hybridized carbons (Fsp3) is 0.700. The Hall–Kier alpha value is -1.57. The predicted octanol–water partition coefficient (Wildman–Crippen LogP) is 0.225. The fourth-order valence-corrected chi connectivity index (χ4v) is 1.87. The lowest BCUT2D eigenvalue weighted by atomic mass is 10.2. The minimum absolute atomic E-state index is 0.262. The molecule has 7 nitrogen and oxygen atoms in total. The summed E-state index contributed by atoms with van der Waals surface area (Å²) >= 11 is 0. The average Bonchev–Trinajstić information content (AvgIpc) is 2.24. The van der Waals surface area contributed by atoms with Crippen LogP contribution in [-0.2, 0) is 19.1 Å². The number of urea groups is 1. The van der Waals surface area contributed by atoms with Gasteiger partial charge in [0.2, 0.25) is 0 Å². The summed E-state index contributed by atoms with van der Waals surface area (Å²) < 4.78 is 8.96. The average molecular weight is 276 g/mol. The van der Waals surface area contributed by atoms with E-state index >= 15 is 0 Å². The molecule has 0 rings (SSSR count). The van der Waals surface area contributed by atoms with Crippen LogP contribution in [0.2, 0.25) is 19.6 Å². The summed E-state index contributed by atoms with van der Waals surface area (Å²) in [4.78, 5) is 36.9. The van der Waals surface area contributed by atoms with Crippen LogP contribution in [0.3, 0.4) is 0 Å². The molecule has 1 atom stereocenters. The summed E-state index contributed by atoms with van der Waals surface area (Å²) in [7, 11) is 0.582. The Bertz CT molecular complexity index is 327. The van der Waals surface area contributed by atoms with E-state index in [0.717, 1.165) is 0 Å².